The zero-order valence-corrected chi connectivity index (χ0v) is 13.2. The van der Waals surface area contributed by atoms with Crippen LogP contribution in [0.25, 0.3) is 0 Å². The molecule has 1 N–H and O–H groups in total. The van der Waals surface area contributed by atoms with Crippen molar-refractivity contribution in [3.63, 3.8) is 0 Å². The fraction of sp³-hybridized carbons (Fsp3) is 0.412. The molecule has 0 bridgehead atoms. The summed E-state index contributed by atoms with van der Waals surface area (Å²) in [5.41, 5.74) is 1.12. The molecule has 21 heavy (non-hydrogen) atoms. The summed E-state index contributed by atoms with van der Waals surface area (Å²) >= 11 is 0. The molecular formula is C17H24N2O2. The molecule has 4 nitrogen and oxygen atoms in total. The Morgan fingerprint density at radius 1 is 1.14 bits per heavy atom. The molecule has 0 saturated carbocycles. The lowest BCUT2D eigenvalue weighted by atomic mass is 10.3. The quantitative estimate of drug-likeness (QED) is 0.847. The van der Waals surface area contributed by atoms with Crippen molar-refractivity contribution in [3.05, 3.63) is 47.9 Å². The van der Waals surface area contributed by atoms with Crippen LogP contribution in [0.3, 0.4) is 0 Å². The van der Waals surface area contributed by atoms with Crippen molar-refractivity contribution in [2.45, 2.75) is 33.0 Å². The summed E-state index contributed by atoms with van der Waals surface area (Å²) in [6.45, 7) is 5.42. The average Bonchev–Trinajstić information content (AvgIpc) is 2.91. The van der Waals surface area contributed by atoms with E-state index in [1.165, 1.54) is 0 Å². The van der Waals surface area contributed by atoms with Gasteiger partial charge in [0.05, 0.1) is 6.54 Å². The molecule has 0 unspecified atom stereocenters. The number of anilines is 1. The van der Waals surface area contributed by atoms with Crippen LogP contribution in [0, 0.1) is 0 Å². The summed E-state index contributed by atoms with van der Waals surface area (Å²) in [7, 11) is 4.03. The zero-order chi connectivity index (χ0) is 15.2. The van der Waals surface area contributed by atoms with Crippen molar-refractivity contribution in [1.82, 2.24) is 5.32 Å². The van der Waals surface area contributed by atoms with E-state index in [1.54, 1.807) is 0 Å². The van der Waals surface area contributed by atoms with E-state index in [4.69, 9.17) is 9.15 Å². The molecule has 0 atom stereocenters. The molecule has 0 radical (unpaired) electrons. The van der Waals surface area contributed by atoms with Crippen LogP contribution in [-0.2, 0) is 13.2 Å². The van der Waals surface area contributed by atoms with Crippen LogP contribution in [0.15, 0.2) is 40.8 Å². The van der Waals surface area contributed by atoms with Crippen molar-refractivity contribution in [2.75, 3.05) is 19.0 Å². The minimum absolute atomic E-state index is 0.443. The highest BCUT2D eigenvalue weighted by Gasteiger charge is 2.04. The third-order valence-corrected chi connectivity index (χ3v) is 3.12. The number of hydrogen-bond acceptors (Lipinski definition) is 4. The molecule has 2 aromatic rings. The highest BCUT2D eigenvalue weighted by Crippen LogP contribution is 2.20. The van der Waals surface area contributed by atoms with Gasteiger partial charge < -0.3 is 19.4 Å². The number of nitrogens with one attached hydrogen (secondary N) is 1. The number of rotatable bonds is 7. The van der Waals surface area contributed by atoms with Gasteiger partial charge in [-0.25, -0.2) is 0 Å². The van der Waals surface area contributed by atoms with Crippen LogP contribution in [0.5, 0.6) is 5.75 Å². The van der Waals surface area contributed by atoms with Crippen molar-refractivity contribution in [2.24, 2.45) is 0 Å². The molecule has 0 amide bonds. The van der Waals surface area contributed by atoms with Crippen LogP contribution < -0.4 is 15.0 Å². The molecule has 1 heterocycles. The molecule has 1 aromatic heterocycles. The standard InChI is InChI=1S/C17H24N2O2/c1-13(2)18-11-16-8-9-17(21-16)12-20-15-7-5-6-14(10-15)19(3)4/h5-10,13,18H,11-12H2,1-4H3. The fourth-order valence-electron chi connectivity index (χ4n) is 1.91. The van der Waals surface area contributed by atoms with Crippen molar-refractivity contribution < 1.29 is 9.15 Å². The molecule has 0 fully saturated rings. The Labute approximate surface area is 126 Å². The van der Waals surface area contributed by atoms with E-state index in [-0.39, 0.29) is 0 Å². The van der Waals surface area contributed by atoms with E-state index < -0.39 is 0 Å². The molecule has 1 aromatic carbocycles. The van der Waals surface area contributed by atoms with Gasteiger partial charge in [0, 0.05) is 31.9 Å². The monoisotopic (exact) mass is 288 g/mol. The summed E-state index contributed by atoms with van der Waals surface area (Å²) in [5.74, 6) is 2.62. The molecule has 114 valence electrons. The van der Waals surface area contributed by atoms with Gasteiger partial charge in [0.25, 0.3) is 0 Å². The maximum Gasteiger partial charge on any atom is 0.146 e. The van der Waals surface area contributed by atoms with Crippen LogP contribution in [-0.4, -0.2) is 20.1 Å². The van der Waals surface area contributed by atoms with Crippen molar-refractivity contribution in [1.29, 1.82) is 0 Å². The molecule has 0 spiro atoms. The van der Waals surface area contributed by atoms with Crippen LogP contribution >= 0.6 is 0 Å². The number of nitrogens with zero attached hydrogens (tertiary/aromatic N) is 1. The highest BCUT2D eigenvalue weighted by atomic mass is 16.5. The first-order chi connectivity index (χ1) is 10.0. The van der Waals surface area contributed by atoms with E-state index >= 15 is 0 Å². The Morgan fingerprint density at radius 3 is 2.62 bits per heavy atom. The molecule has 0 saturated heterocycles. The lowest BCUT2D eigenvalue weighted by molar-refractivity contribution is 0.264. The minimum atomic E-state index is 0.443. The van der Waals surface area contributed by atoms with Gasteiger partial charge in [-0.05, 0) is 24.3 Å². The fourth-order valence-corrected chi connectivity index (χ4v) is 1.91. The van der Waals surface area contributed by atoms with Gasteiger partial charge in [0.2, 0.25) is 0 Å². The average molecular weight is 288 g/mol. The van der Waals surface area contributed by atoms with Crippen molar-refractivity contribution >= 4 is 5.69 Å². The normalized spacial score (nSPS) is 10.9. The van der Waals surface area contributed by atoms with Gasteiger partial charge >= 0.3 is 0 Å². The van der Waals surface area contributed by atoms with E-state index in [9.17, 15) is 0 Å². The first-order valence-electron chi connectivity index (χ1n) is 7.26. The lowest BCUT2D eigenvalue weighted by Crippen LogP contribution is -2.21. The third kappa shape index (κ3) is 4.83. The topological polar surface area (TPSA) is 37.6 Å². The van der Waals surface area contributed by atoms with Gasteiger partial charge in [-0.3, -0.25) is 0 Å². The third-order valence-electron chi connectivity index (χ3n) is 3.12. The Bertz CT molecular complexity index is 561. The first-order valence-corrected chi connectivity index (χ1v) is 7.26. The van der Waals surface area contributed by atoms with Gasteiger partial charge in [-0.15, -0.1) is 0 Å². The second-order valence-electron chi connectivity index (χ2n) is 5.58. The molecule has 0 aliphatic heterocycles. The predicted molar refractivity (Wildman–Crippen MR) is 85.8 cm³/mol. The van der Waals surface area contributed by atoms with Gasteiger partial charge in [0.1, 0.15) is 23.9 Å². The molecule has 4 heteroatoms. The highest BCUT2D eigenvalue weighted by molar-refractivity contribution is 5.49. The van der Waals surface area contributed by atoms with E-state index in [2.05, 4.69) is 30.1 Å². The van der Waals surface area contributed by atoms with Gasteiger partial charge in [-0.2, -0.15) is 0 Å². The van der Waals surface area contributed by atoms with Crippen LogP contribution in [0.4, 0.5) is 5.69 Å². The predicted octanol–water partition coefficient (Wildman–Crippen LogP) is 3.42. The maximum atomic E-state index is 5.78. The van der Waals surface area contributed by atoms with E-state index in [0.717, 1.165) is 29.5 Å². The first kappa shape index (κ1) is 15.4. The van der Waals surface area contributed by atoms with Crippen LogP contribution in [0.2, 0.25) is 0 Å². The van der Waals surface area contributed by atoms with Crippen LogP contribution in [0.1, 0.15) is 25.4 Å². The minimum Gasteiger partial charge on any atom is -0.486 e. The Morgan fingerprint density at radius 2 is 1.90 bits per heavy atom. The molecular weight excluding hydrogens is 264 g/mol. The molecule has 0 aliphatic carbocycles. The lowest BCUT2D eigenvalue weighted by Gasteiger charge is -2.13. The molecule has 2 rings (SSSR count). The number of furan rings is 1. The summed E-state index contributed by atoms with van der Waals surface area (Å²) in [4.78, 5) is 2.05. The Hall–Kier alpha value is -1.94. The number of hydrogen-bond donors (Lipinski definition) is 1. The maximum absolute atomic E-state index is 5.78. The van der Waals surface area contributed by atoms with E-state index in [1.807, 2.05) is 44.4 Å². The number of ether oxygens (including phenoxy) is 1. The van der Waals surface area contributed by atoms with Crippen molar-refractivity contribution in [3.8, 4) is 5.75 Å². The summed E-state index contributed by atoms with van der Waals surface area (Å²) in [5, 5.41) is 3.33. The molecule has 0 aliphatic rings. The SMILES string of the molecule is CC(C)NCc1ccc(COc2cccc(N(C)C)c2)o1. The second-order valence-corrected chi connectivity index (χ2v) is 5.58. The second kappa shape index (κ2) is 7.18. The zero-order valence-electron chi connectivity index (χ0n) is 13.2. The van der Waals surface area contributed by atoms with Gasteiger partial charge in [0.15, 0.2) is 0 Å². The van der Waals surface area contributed by atoms with E-state index in [0.29, 0.717) is 12.6 Å². The summed E-state index contributed by atoms with van der Waals surface area (Å²) in [6.07, 6.45) is 0. The van der Waals surface area contributed by atoms with Gasteiger partial charge in [-0.1, -0.05) is 19.9 Å². The smallest absolute Gasteiger partial charge is 0.146 e. The Balaban J connectivity index is 1.89. The summed E-state index contributed by atoms with van der Waals surface area (Å²) < 4.78 is 11.5. The number of benzene rings is 1. The summed E-state index contributed by atoms with van der Waals surface area (Å²) in [6, 6.07) is 12.4. The Kier molecular flexibility index (Phi) is 5.28. The largest absolute Gasteiger partial charge is 0.486 e.